The molecule has 0 aromatic rings. The molecule has 0 aliphatic rings. The van der Waals surface area contributed by atoms with Crippen molar-refractivity contribution in [2.75, 3.05) is 0 Å². The predicted molar refractivity (Wildman–Crippen MR) is 57.0 cm³/mol. The fourth-order valence-corrected chi connectivity index (χ4v) is 1.21. The number of allylic oxidation sites excluding steroid dienone is 1. The van der Waals surface area contributed by atoms with Gasteiger partial charge in [-0.05, 0) is 40.5 Å². The summed E-state index contributed by atoms with van der Waals surface area (Å²) in [6.45, 7) is 6.77. The summed E-state index contributed by atoms with van der Waals surface area (Å²) in [6, 6.07) is 0. The number of aliphatic hydroxyl groups is 3. The van der Waals surface area contributed by atoms with E-state index >= 15 is 0 Å². The molecule has 0 bridgehead atoms. The van der Waals surface area contributed by atoms with Crippen LogP contribution in [0, 0.1) is 0 Å². The maximum atomic E-state index is 9.53. The highest BCUT2D eigenvalue weighted by molar-refractivity contribution is 5.01. The van der Waals surface area contributed by atoms with Crippen LogP contribution in [0.3, 0.4) is 0 Å². The zero-order valence-electron chi connectivity index (χ0n) is 9.49. The summed E-state index contributed by atoms with van der Waals surface area (Å²) in [5, 5.41) is 28.1. The van der Waals surface area contributed by atoms with Crippen LogP contribution in [0.5, 0.6) is 0 Å². The Labute approximate surface area is 86.1 Å². The van der Waals surface area contributed by atoms with Gasteiger partial charge in [0.05, 0.1) is 17.8 Å². The quantitative estimate of drug-likeness (QED) is 0.588. The Balaban J connectivity index is 3.95. The van der Waals surface area contributed by atoms with Crippen molar-refractivity contribution in [3.8, 4) is 0 Å². The van der Waals surface area contributed by atoms with E-state index < -0.39 is 17.8 Å². The van der Waals surface area contributed by atoms with Crippen LogP contribution >= 0.6 is 0 Å². The van der Waals surface area contributed by atoms with E-state index in [1.165, 1.54) is 0 Å². The van der Waals surface area contributed by atoms with E-state index in [0.29, 0.717) is 12.8 Å². The normalized spacial score (nSPS) is 18.1. The molecule has 2 atom stereocenters. The Morgan fingerprint density at radius 3 is 2.21 bits per heavy atom. The summed E-state index contributed by atoms with van der Waals surface area (Å²) < 4.78 is 0. The summed E-state index contributed by atoms with van der Waals surface area (Å²) >= 11 is 0. The van der Waals surface area contributed by atoms with E-state index in [9.17, 15) is 10.2 Å². The second kappa shape index (κ2) is 5.49. The first-order valence-electron chi connectivity index (χ1n) is 4.99. The van der Waals surface area contributed by atoms with Gasteiger partial charge in [0.25, 0.3) is 0 Å². The van der Waals surface area contributed by atoms with Crippen LogP contribution in [0.1, 0.15) is 40.5 Å². The topological polar surface area (TPSA) is 60.7 Å². The van der Waals surface area contributed by atoms with Crippen molar-refractivity contribution in [3.05, 3.63) is 11.6 Å². The van der Waals surface area contributed by atoms with Gasteiger partial charge in [-0.3, -0.25) is 0 Å². The van der Waals surface area contributed by atoms with Gasteiger partial charge >= 0.3 is 0 Å². The fourth-order valence-electron chi connectivity index (χ4n) is 1.21. The third-order valence-electron chi connectivity index (χ3n) is 2.15. The lowest BCUT2D eigenvalue weighted by atomic mass is 9.95. The van der Waals surface area contributed by atoms with Crippen molar-refractivity contribution in [2.45, 2.75) is 58.3 Å². The van der Waals surface area contributed by atoms with Crippen molar-refractivity contribution in [1.29, 1.82) is 0 Å². The van der Waals surface area contributed by atoms with E-state index in [0.717, 1.165) is 5.57 Å². The molecular weight excluding hydrogens is 180 g/mol. The summed E-state index contributed by atoms with van der Waals surface area (Å²) in [5.41, 5.74) is -0.0197. The zero-order chi connectivity index (χ0) is 11.4. The minimum absolute atomic E-state index is 0.450. The molecule has 0 saturated carbocycles. The molecule has 0 aliphatic heterocycles. The van der Waals surface area contributed by atoms with E-state index in [2.05, 4.69) is 0 Å². The lowest BCUT2D eigenvalue weighted by Crippen LogP contribution is -2.35. The van der Waals surface area contributed by atoms with Crippen LogP contribution in [0.15, 0.2) is 11.6 Å². The average molecular weight is 202 g/mol. The molecule has 0 saturated heterocycles. The van der Waals surface area contributed by atoms with Gasteiger partial charge in [-0.2, -0.15) is 0 Å². The van der Waals surface area contributed by atoms with Gasteiger partial charge in [0.15, 0.2) is 0 Å². The highest BCUT2D eigenvalue weighted by atomic mass is 16.3. The zero-order valence-corrected chi connectivity index (χ0v) is 9.49. The van der Waals surface area contributed by atoms with Crippen molar-refractivity contribution in [3.63, 3.8) is 0 Å². The molecule has 0 amide bonds. The standard InChI is InChI=1S/C11H22O3/c1-8(7-9(2)12)5-6-10(13)11(3,4)14/h7,9-10,12-14H,5-6H2,1-4H3. The van der Waals surface area contributed by atoms with Gasteiger partial charge in [0.1, 0.15) is 0 Å². The molecule has 84 valence electrons. The maximum absolute atomic E-state index is 9.53. The lowest BCUT2D eigenvalue weighted by molar-refractivity contribution is -0.0509. The van der Waals surface area contributed by atoms with Crippen LogP contribution < -0.4 is 0 Å². The Hall–Kier alpha value is -0.380. The average Bonchev–Trinajstić information content (AvgIpc) is 1.96. The Kier molecular flexibility index (Phi) is 5.34. The number of aliphatic hydroxyl groups excluding tert-OH is 2. The van der Waals surface area contributed by atoms with Crippen molar-refractivity contribution in [1.82, 2.24) is 0 Å². The smallest absolute Gasteiger partial charge is 0.0849 e. The molecule has 0 radical (unpaired) electrons. The van der Waals surface area contributed by atoms with Crippen LogP contribution in [0.4, 0.5) is 0 Å². The first-order chi connectivity index (χ1) is 6.23. The molecule has 0 aromatic carbocycles. The molecule has 2 unspecified atom stereocenters. The van der Waals surface area contributed by atoms with Gasteiger partial charge in [0.2, 0.25) is 0 Å². The number of hydrogen-bond donors (Lipinski definition) is 3. The highest BCUT2D eigenvalue weighted by Gasteiger charge is 2.23. The minimum Gasteiger partial charge on any atom is -0.390 e. The second-order valence-electron chi connectivity index (χ2n) is 4.46. The molecule has 0 aromatic heterocycles. The summed E-state index contributed by atoms with van der Waals surface area (Å²) in [7, 11) is 0. The first-order valence-corrected chi connectivity index (χ1v) is 4.99. The van der Waals surface area contributed by atoms with E-state index in [1.54, 1.807) is 26.8 Å². The summed E-state index contributed by atoms with van der Waals surface area (Å²) in [5.74, 6) is 0. The largest absolute Gasteiger partial charge is 0.390 e. The van der Waals surface area contributed by atoms with Gasteiger partial charge in [0, 0.05) is 0 Å². The van der Waals surface area contributed by atoms with Crippen LogP contribution in [-0.2, 0) is 0 Å². The SMILES string of the molecule is CC(=CC(C)O)CCC(O)C(C)(C)O. The summed E-state index contributed by atoms with van der Waals surface area (Å²) in [6.07, 6.45) is 1.78. The van der Waals surface area contributed by atoms with Gasteiger partial charge in [-0.1, -0.05) is 11.6 Å². The molecule has 0 rings (SSSR count). The van der Waals surface area contributed by atoms with Crippen LogP contribution in [-0.4, -0.2) is 33.1 Å². The van der Waals surface area contributed by atoms with E-state index in [-0.39, 0.29) is 0 Å². The fraction of sp³-hybridized carbons (Fsp3) is 0.818. The highest BCUT2D eigenvalue weighted by Crippen LogP contribution is 2.16. The molecule has 3 N–H and O–H groups in total. The van der Waals surface area contributed by atoms with E-state index in [1.807, 2.05) is 6.92 Å². The van der Waals surface area contributed by atoms with Crippen molar-refractivity contribution < 1.29 is 15.3 Å². The summed E-state index contributed by atoms with van der Waals surface area (Å²) in [4.78, 5) is 0. The maximum Gasteiger partial charge on any atom is 0.0849 e. The van der Waals surface area contributed by atoms with Crippen molar-refractivity contribution >= 4 is 0 Å². The molecule has 0 spiro atoms. The number of rotatable bonds is 5. The Morgan fingerprint density at radius 1 is 1.36 bits per heavy atom. The van der Waals surface area contributed by atoms with Crippen LogP contribution in [0.25, 0.3) is 0 Å². The van der Waals surface area contributed by atoms with Gasteiger partial charge in [-0.25, -0.2) is 0 Å². The monoisotopic (exact) mass is 202 g/mol. The first kappa shape index (κ1) is 13.6. The Bertz CT molecular complexity index is 189. The number of hydrogen-bond acceptors (Lipinski definition) is 3. The van der Waals surface area contributed by atoms with Crippen molar-refractivity contribution in [2.24, 2.45) is 0 Å². The molecule has 0 heterocycles. The molecule has 0 aliphatic carbocycles. The molecule has 0 fully saturated rings. The molecule has 3 heteroatoms. The molecule has 14 heavy (non-hydrogen) atoms. The van der Waals surface area contributed by atoms with E-state index in [4.69, 9.17) is 5.11 Å². The predicted octanol–water partition coefficient (Wildman–Crippen LogP) is 1.23. The molecular formula is C11H22O3. The second-order valence-corrected chi connectivity index (χ2v) is 4.46. The third-order valence-corrected chi connectivity index (χ3v) is 2.15. The molecule has 3 nitrogen and oxygen atoms in total. The van der Waals surface area contributed by atoms with Gasteiger partial charge < -0.3 is 15.3 Å². The third kappa shape index (κ3) is 6.13. The van der Waals surface area contributed by atoms with Crippen LogP contribution in [0.2, 0.25) is 0 Å². The minimum atomic E-state index is -1.05. The Morgan fingerprint density at radius 2 is 1.86 bits per heavy atom. The lowest BCUT2D eigenvalue weighted by Gasteiger charge is -2.24. The van der Waals surface area contributed by atoms with Gasteiger partial charge in [-0.15, -0.1) is 0 Å².